The molecule has 5 rings (SSSR count). The smallest absolute Gasteiger partial charge is 0.311 e. The number of phenolic OH excluding ortho intramolecular Hbond substituents is 1. The molecule has 1 aromatic carbocycles. The quantitative estimate of drug-likeness (QED) is 0.478. The zero-order valence-electron chi connectivity index (χ0n) is 15.7. The molecule has 4 aliphatic carbocycles. The number of amides is 1. The van der Waals surface area contributed by atoms with E-state index in [0.29, 0.717) is 11.5 Å². The van der Waals surface area contributed by atoms with Gasteiger partial charge in [-0.2, -0.15) is 5.10 Å². The summed E-state index contributed by atoms with van der Waals surface area (Å²) in [4.78, 5) is 23.3. The highest BCUT2D eigenvalue weighted by Gasteiger charge is 2.62. The first kappa shape index (κ1) is 17.9. The lowest BCUT2D eigenvalue weighted by Gasteiger charge is -2.64. The van der Waals surface area contributed by atoms with Crippen LogP contribution < -0.4 is 5.43 Å². The maximum absolute atomic E-state index is 13.0. The van der Waals surface area contributed by atoms with Gasteiger partial charge in [0.2, 0.25) is 5.91 Å². The Hall–Kier alpha value is -2.44. The first-order valence-electron chi connectivity index (χ1n) is 9.43. The molecular weight excluding hydrogens is 346 g/mol. The number of hydrogen-bond acceptors (Lipinski definition) is 5. The van der Waals surface area contributed by atoms with E-state index >= 15 is 0 Å². The Morgan fingerprint density at radius 2 is 1.93 bits per heavy atom. The zero-order chi connectivity index (χ0) is 19.4. The molecule has 1 aromatic rings. The van der Waals surface area contributed by atoms with Crippen LogP contribution in [0.5, 0.6) is 5.75 Å². The van der Waals surface area contributed by atoms with E-state index in [-0.39, 0.29) is 27.8 Å². The summed E-state index contributed by atoms with van der Waals surface area (Å²) in [6.07, 6.45) is 7.79. The molecule has 4 saturated carbocycles. The van der Waals surface area contributed by atoms with E-state index in [1.54, 1.807) is 0 Å². The molecule has 0 saturated heterocycles. The van der Waals surface area contributed by atoms with Crippen molar-refractivity contribution in [1.29, 1.82) is 0 Å². The predicted molar refractivity (Wildman–Crippen MR) is 100 cm³/mol. The van der Waals surface area contributed by atoms with Crippen molar-refractivity contribution in [2.24, 2.45) is 27.3 Å². The first-order valence-corrected chi connectivity index (χ1v) is 9.43. The van der Waals surface area contributed by atoms with Gasteiger partial charge in [0.15, 0.2) is 5.75 Å². The molecule has 0 aromatic heterocycles. The van der Waals surface area contributed by atoms with Gasteiger partial charge in [-0.05, 0) is 67.4 Å². The van der Waals surface area contributed by atoms with Crippen molar-refractivity contribution in [3.8, 4) is 5.75 Å². The number of benzene rings is 1. The molecule has 7 nitrogen and oxygen atoms in total. The lowest BCUT2D eigenvalue weighted by atomic mass is 9.40. The second-order valence-electron chi connectivity index (χ2n) is 9.61. The summed E-state index contributed by atoms with van der Waals surface area (Å²) in [7, 11) is 0. The Labute approximate surface area is 158 Å². The number of carbonyl (C=O) groups excluding carboxylic acids is 1. The monoisotopic (exact) mass is 371 g/mol. The highest BCUT2D eigenvalue weighted by molar-refractivity contribution is 5.86. The summed E-state index contributed by atoms with van der Waals surface area (Å²) in [5, 5.41) is 24.5. The number of hydrogen-bond donors (Lipinski definition) is 2. The number of nitro groups is 1. The van der Waals surface area contributed by atoms with Crippen LogP contribution in [-0.2, 0) is 4.79 Å². The van der Waals surface area contributed by atoms with Gasteiger partial charge < -0.3 is 5.11 Å². The number of phenols is 1. The largest absolute Gasteiger partial charge is 0.502 e. The molecule has 4 aliphatic rings. The minimum Gasteiger partial charge on any atom is -0.502 e. The van der Waals surface area contributed by atoms with Crippen molar-refractivity contribution in [3.63, 3.8) is 0 Å². The van der Waals surface area contributed by atoms with Crippen molar-refractivity contribution in [3.05, 3.63) is 33.9 Å². The van der Waals surface area contributed by atoms with Crippen LogP contribution in [0.3, 0.4) is 0 Å². The number of nitro benzene ring substituents is 1. The molecule has 4 bridgehead atoms. The maximum Gasteiger partial charge on any atom is 0.311 e. The van der Waals surface area contributed by atoms with Crippen LogP contribution in [0.2, 0.25) is 0 Å². The van der Waals surface area contributed by atoms with Crippen LogP contribution in [0.4, 0.5) is 5.69 Å². The fourth-order valence-corrected chi connectivity index (χ4v) is 6.75. The summed E-state index contributed by atoms with van der Waals surface area (Å²) >= 11 is 0. The molecule has 4 fully saturated rings. The van der Waals surface area contributed by atoms with Crippen LogP contribution in [0.15, 0.2) is 23.3 Å². The van der Waals surface area contributed by atoms with Crippen molar-refractivity contribution in [1.82, 2.24) is 5.43 Å². The number of rotatable bonds is 4. The lowest BCUT2D eigenvalue weighted by Crippen LogP contribution is -2.59. The minimum absolute atomic E-state index is 0.0337. The number of aromatic hydroxyl groups is 1. The standard InChI is InChI=1S/C20H25N3O4/c1-18-6-14-7-19(2,10-18)12-20(8-14,11-18)17(25)22-21-9-13-3-4-16(24)15(5-13)23(26)27/h3-5,9,14,24H,6-8,10-12H2,1-2H3,(H,22,25)/b21-9+. The zero-order valence-corrected chi connectivity index (χ0v) is 15.7. The number of hydrazone groups is 1. The molecule has 2 atom stereocenters. The fraction of sp³-hybridized carbons (Fsp3) is 0.600. The molecule has 27 heavy (non-hydrogen) atoms. The van der Waals surface area contributed by atoms with Gasteiger partial charge in [0.05, 0.1) is 16.6 Å². The number of carbonyl (C=O) groups is 1. The Balaban J connectivity index is 1.49. The SMILES string of the molecule is CC12CC3CC(C)(C1)CC(C(=O)N/N=C/c1ccc(O)c([N+](=O)[O-])c1)(C3)C2. The van der Waals surface area contributed by atoms with Crippen molar-refractivity contribution in [2.75, 3.05) is 0 Å². The van der Waals surface area contributed by atoms with Gasteiger partial charge in [-0.25, -0.2) is 5.43 Å². The van der Waals surface area contributed by atoms with Crippen LogP contribution in [0.1, 0.15) is 57.9 Å². The lowest BCUT2D eigenvalue weighted by molar-refractivity contribution is -0.385. The average molecular weight is 371 g/mol. The van der Waals surface area contributed by atoms with Gasteiger partial charge in [-0.1, -0.05) is 13.8 Å². The fourth-order valence-electron chi connectivity index (χ4n) is 6.75. The molecule has 0 spiro atoms. The third kappa shape index (κ3) is 3.09. The molecule has 2 unspecified atom stereocenters. The van der Waals surface area contributed by atoms with E-state index in [1.165, 1.54) is 43.7 Å². The molecule has 0 aliphatic heterocycles. The molecule has 0 heterocycles. The second kappa shape index (κ2) is 5.78. The molecule has 144 valence electrons. The van der Waals surface area contributed by atoms with Crippen LogP contribution in [0.25, 0.3) is 0 Å². The topological polar surface area (TPSA) is 105 Å². The Bertz CT molecular complexity index is 832. The molecule has 1 amide bonds. The summed E-state index contributed by atoms with van der Waals surface area (Å²) in [6, 6.07) is 4.00. The van der Waals surface area contributed by atoms with Crippen molar-refractivity contribution < 1.29 is 14.8 Å². The molecule has 7 heteroatoms. The summed E-state index contributed by atoms with van der Waals surface area (Å²) in [5.41, 5.74) is 2.89. The van der Waals surface area contributed by atoms with E-state index in [2.05, 4.69) is 24.4 Å². The third-order valence-electron chi connectivity index (χ3n) is 6.68. The highest BCUT2D eigenvalue weighted by Crippen LogP contribution is 2.69. The number of nitrogens with zero attached hydrogens (tertiary/aromatic N) is 2. The normalized spacial score (nSPS) is 36.9. The average Bonchev–Trinajstić information content (AvgIpc) is 2.52. The van der Waals surface area contributed by atoms with Gasteiger partial charge in [0, 0.05) is 11.6 Å². The predicted octanol–water partition coefficient (Wildman–Crippen LogP) is 3.75. The molecule has 0 radical (unpaired) electrons. The Morgan fingerprint density at radius 3 is 2.52 bits per heavy atom. The van der Waals surface area contributed by atoms with Crippen LogP contribution in [0, 0.1) is 32.3 Å². The minimum atomic E-state index is -0.651. The second-order valence-corrected chi connectivity index (χ2v) is 9.61. The van der Waals surface area contributed by atoms with E-state index in [4.69, 9.17) is 0 Å². The third-order valence-corrected chi connectivity index (χ3v) is 6.68. The Morgan fingerprint density at radius 1 is 1.26 bits per heavy atom. The molecule has 2 N–H and O–H groups in total. The van der Waals surface area contributed by atoms with Crippen molar-refractivity contribution >= 4 is 17.8 Å². The van der Waals surface area contributed by atoms with Crippen LogP contribution >= 0.6 is 0 Å². The van der Waals surface area contributed by atoms with E-state index in [0.717, 1.165) is 19.3 Å². The van der Waals surface area contributed by atoms with Gasteiger partial charge in [-0.15, -0.1) is 0 Å². The van der Waals surface area contributed by atoms with Gasteiger partial charge in [-0.3, -0.25) is 14.9 Å². The maximum atomic E-state index is 13.0. The summed E-state index contributed by atoms with van der Waals surface area (Å²) < 4.78 is 0. The van der Waals surface area contributed by atoms with E-state index < -0.39 is 10.7 Å². The van der Waals surface area contributed by atoms with E-state index in [9.17, 15) is 20.0 Å². The number of nitrogens with one attached hydrogen (secondary N) is 1. The van der Waals surface area contributed by atoms with E-state index in [1.807, 2.05) is 0 Å². The summed E-state index contributed by atoms with van der Waals surface area (Å²) in [5.74, 6) is 0.190. The highest BCUT2D eigenvalue weighted by atomic mass is 16.6. The van der Waals surface area contributed by atoms with Gasteiger partial charge >= 0.3 is 5.69 Å². The van der Waals surface area contributed by atoms with Crippen molar-refractivity contribution in [2.45, 2.75) is 52.4 Å². The van der Waals surface area contributed by atoms with Crippen LogP contribution in [-0.4, -0.2) is 22.2 Å². The van der Waals surface area contributed by atoms with Gasteiger partial charge in [0.25, 0.3) is 0 Å². The summed E-state index contributed by atoms with van der Waals surface area (Å²) in [6.45, 7) is 4.63. The molecular formula is C20H25N3O4. The first-order chi connectivity index (χ1) is 12.6. The Kier molecular flexibility index (Phi) is 3.84. The van der Waals surface area contributed by atoms with Gasteiger partial charge in [0.1, 0.15) is 0 Å².